The van der Waals surface area contributed by atoms with E-state index in [1.807, 2.05) is 44.2 Å². The second-order valence-electron chi connectivity index (χ2n) is 5.71. The minimum Gasteiger partial charge on any atom is -0.497 e. The van der Waals surface area contributed by atoms with E-state index in [0.29, 0.717) is 0 Å². The van der Waals surface area contributed by atoms with Crippen molar-refractivity contribution in [3.8, 4) is 5.75 Å². The molecule has 0 aliphatic heterocycles. The first-order chi connectivity index (χ1) is 10.6. The van der Waals surface area contributed by atoms with Crippen molar-refractivity contribution in [2.45, 2.75) is 19.4 Å². The van der Waals surface area contributed by atoms with Gasteiger partial charge in [-0.3, -0.25) is 4.98 Å². The molecule has 0 radical (unpaired) electrons. The van der Waals surface area contributed by atoms with Crippen molar-refractivity contribution in [2.24, 2.45) is 5.92 Å². The van der Waals surface area contributed by atoms with Gasteiger partial charge in [-0.25, -0.2) is 0 Å². The molecule has 0 fully saturated rings. The van der Waals surface area contributed by atoms with Crippen molar-refractivity contribution in [1.29, 1.82) is 0 Å². The summed E-state index contributed by atoms with van der Waals surface area (Å²) >= 11 is 1.48. The highest BCUT2D eigenvalue weighted by Gasteiger charge is 2.36. The number of thiazole rings is 1. The Hall–Kier alpha value is -1.91. The number of hydrogen-bond acceptors (Lipinski definition) is 4. The lowest BCUT2D eigenvalue weighted by Gasteiger charge is -2.31. The van der Waals surface area contributed by atoms with Gasteiger partial charge in [0.2, 0.25) is 0 Å². The Morgan fingerprint density at radius 2 is 1.86 bits per heavy atom. The fourth-order valence-corrected chi connectivity index (χ4v) is 3.64. The molecule has 3 aromatic rings. The van der Waals surface area contributed by atoms with E-state index >= 15 is 0 Å². The van der Waals surface area contributed by atoms with E-state index < -0.39 is 5.60 Å². The molecule has 0 bridgehead atoms. The van der Waals surface area contributed by atoms with Crippen molar-refractivity contribution in [3.05, 3.63) is 58.5 Å². The predicted octanol–water partition coefficient (Wildman–Crippen LogP) is 4.20. The van der Waals surface area contributed by atoms with Crippen molar-refractivity contribution in [3.63, 3.8) is 0 Å². The number of aromatic nitrogens is 1. The summed E-state index contributed by atoms with van der Waals surface area (Å²) in [5.74, 6) is 0.880. The third-order valence-corrected chi connectivity index (χ3v) is 5.03. The lowest BCUT2D eigenvalue weighted by molar-refractivity contribution is 0.0353. The van der Waals surface area contributed by atoms with E-state index in [1.165, 1.54) is 11.3 Å². The molecule has 2 aromatic carbocycles. The fraction of sp³-hybridized carbons (Fsp3) is 0.278. The van der Waals surface area contributed by atoms with Crippen molar-refractivity contribution in [1.82, 2.24) is 4.98 Å². The highest BCUT2D eigenvalue weighted by Crippen LogP contribution is 2.39. The number of methoxy groups -OCH3 is 1. The number of hydrogen-bond donors (Lipinski definition) is 1. The molecule has 0 amide bonds. The Kier molecular flexibility index (Phi) is 3.89. The van der Waals surface area contributed by atoms with Crippen LogP contribution in [0.5, 0.6) is 5.75 Å². The van der Waals surface area contributed by atoms with Crippen molar-refractivity contribution >= 4 is 22.1 Å². The Balaban J connectivity index is 2.15. The van der Waals surface area contributed by atoms with E-state index in [0.717, 1.165) is 27.0 Å². The van der Waals surface area contributed by atoms with Gasteiger partial charge in [0.05, 0.1) is 17.5 Å². The third kappa shape index (κ3) is 2.38. The van der Waals surface area contributed by atoms with Crippen LogP contribution in [0.3, 0.4) is 0 Å². The fourth-order valence-electron chi connectivity index (χ4n) is 2.75. The Labute approximate surface area is 134 Å². The summed E-state index contributed by atoms with van der Waals surface area (Å²) in [5.41, 5.74) is 1.63. The van der Waals surface area contributed by atoms with E-state index in [1.54, 1.807) is 18.8 Å². The molecule has 1 unspecified atom stereocenters. The number of rotatable bonds is 4. The van der Waals surface area contributed by atoms with Crippen LogP contribution in [0.1, 0.15) is 24.3 Å². The van der Waals surface area contributed by atoms with Crippen LogP contribution in [0, 0.1) is 5.92 Å². The summed E-state index contributed by atoms with van der Waals surface area (Å²) < 4.78 is 5.26. The normalized spacial score (nSPS) is 14.2. The first-order valence-corrected chi connectivity index (χ1v) is 8.13. The molecular formula is C18H19NO2S. The Morgan fingerprint density at radius 3 is 2.50 bits per heavy atom. The highest BCUT2D eigenvalue weighted by atomic mass is 32.1. The molecule has 0 spiro atoms. The summed E-state index contributed by atoms with van der Waals surface area (Å²) in [7, 11) is 1.66. The maximum absolute atomic E-state index is 11.3. The predicted molar refractivity (Wildman–Crippen MR) is 90.5 cm³/mol. The van der Waals surface area contributed by atoms with Crippen LogP contribution < -0.4 is 4.74 Å². The molecule has 0 aliphatic carbocycles. The topological polar surface area (TPSA) is 42.4 Å². The lowest BCUT2D eigenvalue weighted by Crippen LogP contribution is -2.32. The van der Waals surface area contributed by atoms with Crippen LogP contribution in [0.25, 0.3) is 10.8 Å². The lowest BCUT2D eigenvalue weighted by atomic mass is 9.81. The minimum absolute atomic E-state index is 0.0450. The van der Waals surface area contributed by atoms with Gasteiger partial charge >= 0.3 is 0 Å². The van der Waals surface area contributed by atoms with Crippen LogP contribution >= 0.6 is 11.3 Å². The molecule has 1 aromatic heterocycles. The third-order valence-electron chi connectivity index (χ3n) is 4.13. The molecule has 114 valence electrons. The van der Waals surface area contributed by atoms with Gasteiger partial charge in [-0.1, -0.05) is 32.0 Å². The second-order valence-corrected chi connectivity index (χ2v) is 6.60. The summed E-state index contributed by atoms with van der Waals surface area (Å²) in [6.07, 6.45) is 1.75. The van der Waals surface area contributed by atoms with Gasteiger partial charge in [0, 0.05) is 6.20 Å². The summed E-state index contributed by atoms with van der Waals surface area (Å²) in [6.45, 7) is 4.05. The largest absolute Gasteiger partial charge is 0.497 e. The zero-order valence-electron chi connectivity index (χ0n) is 12.9. The standard InChI is InChI=1S/C18H19NO2S/c1-12(2)18(20,17-10-19-11-22-17)15-6-4-14-9-16(21-3)7-5-13(14)8-15/h4-12,20H,1-3H3. The average Bonchev–Trinajstić information content (AvgIpc) is 3.07. The molecular weight excluding hydrogens is 294 g/mol. The maximum atomic E-state index is 11.3. The SMILES string of the molecule is COc1ccc2cc(C(O)(c3cncs3)C(C)C)ccc2c1. The zero-order valence-corrected chi connectivity index (χ0v) is 13.7. The van der Waals surface area contributed by atoms with Crippen LogP contribution in [0.4, 0.5) is 0 Å². The van der Waals surface area contributed by atoms with Gasteiger partial charge in [0.15, 0.2) is 0 Å². The van der Waals surface area contributed by atoms with Crippen LogP contribution in [0.15, 0.2) is 48.1 Å². The summed E-state index contributed by atoms with van der Waals surface area (Å²) in [5, 5.41) is 13.5. The quantitative estimate of drug-likeness (QED) is 0.785. The number of nitrogens with zero attached hydrogens (tertiary/aromatic N) is 1. The zero-order chi connectivity index (χ0) is 15.7. The van der Waals surface area contributed by atoms with E-state index in [-0.39, 0.29) is 5.92 Å². The smallest absolute Gasteiger partial charge is 0.128 e. The van der Waals surface area contributed by atoms with Gasteiger partial charge in [-0.15, -0.1) is 11.3 Å². The first-order valence-electron chi connectivity index (χ1n) is 7.25. The Morgan fingerprint density at radius 1 is 1.14 bits per heavy atom. The summed E-state index contributed by atoms with van der Waals surface area (Å²) in [6, 6.07) is 12.0. The van der Waals surface area contributed by atoms with Gasteiger partial charge in [0.25, 0.3) is 0 Å². The minimum atomic E-state index is -1.02. The van der Waals surface area contributed by atoms with E-state index in [4.69, 9.17) is 4.74 Å². The molecule has 0 saturated carbocycles. The van der Waals surface area contributed by atoms with Gasteiger partial charge in [0.1, 0.15) is 11.4 Å². The monoisotopic (exact) mass is 313 g/mol. The number of fused-ring (bicyclic) bond motifs is 1. The van der Waals surface area contributed by atoms with Crippen molar-refractivity contribution in [2.75, 3.05) is 7.11 Å². The first kappa shape index (κ1) is 15.0. The van der Waals surface area contributed by atoms with Gasteiger partial charge < -0.3 is 9.84 Å². The molecule has 0 aliphatic rings. The van der Waals surface area contributed by atoms with Gasteiger partial charge in [-0.05, 0) is 40.5 Å². The molecule has 22 heavy (non-hydrogen) atoms. The molecule has 1 heterocycles. The van der Waals surface area contributed by atoms with Gasteiger partial charge in [-0.2, -0.15) is 0 Å². The van der Waals surface area contributed by atoms with Crippen LogP contribution in [0.2, 0.25) is 0 Å². The highest BCUT2D eigenvalue weighted by molar-refractivity contribution is 7.09. The molecule has 4 heteroatoms. The van der Waals surface area contributed by atoms with Crippen LogP contribution in [-0.2, 0) is 5.60 Å². The maximum Gasteiger partial charge on any atom is 0.128 e. The Bertz CT molecular complexity index is 783. The molecule has 3 rings (SSSR count). The molecule has 1 atom stereocenters. The van der Waals surface area contributed by atoms with Crippen LogP contribution in [-0.4, -0.2) is 17.2 Å². The summed E-state index contributed by atoms with van der Waals surface area (Å²) in [4.78, 5) is 4.99. The molecule has 1 N–H and O–H groups in total. The van der Waals surface area contributed by atoms with E-state index in [9.17, 15) is 5.11 Å². The van der Waals surface area contributed by atoms with E-state index in [2.05, 4.69) is 11.1 Å². The molecule has 0 saturated heterocycles. The number of ether oxygens (including phenoxy) is 1. The molecule has 3 nitrogen and oxygen atoms in total. The van der Waals surface area contributed by atoms with Crippen molar-refractivity contribution < 1.29 is 9.84 Å². The second kappa shape index (κ2) is 5.71. The number of benzene rings is 2. The average molecular weight is 313 g/mol. The number of aliphatic hydroxyl groups is 1.